The van der Waals surface area contributed by atoms with Gasteiger partial charge in [0.15, 0.2) is 0 Å². The van der Waals surface area contributed by atoms with Crippen LogP contribution >= 0.6 is 35.3 Å². The van der Waals surface area contributed by atoms with E-state index in [2.05, 4.69) is 28.5 Å². The molecule has 1 aliphatic heterocycles. The highest BCUT2D eigenvalue weighted by Gasteiger charge is 2.26. The van der Waals surface area contributed by atoms with Crippen LogP contribution in [0.5, 0.6) is 0 Å². The van der Waals surface area contributed by atoms with Crippen LogP contribution in [0.4, 0.5) is 5.69 Å². The van der Waals surface area contributed by atoms with Crippen molar-refractivity contribution in [3.8, 4) is 0 Å². The Morgan fingerprint density at radius 2 is 2.18 bits per heavy atom. The summed E-state index contributed by atoms with van der Waals surface area (Å²) in [6.45, 7) is 6.12. The molecule has 1 aromatic rings. The van der Waals surface area contributed by atoms with Crippen LogP contribution < -0.4 is 4.31 Å². The van der Waals surface area contributed by atoms with Crippen LogP contribution in [0.1, 0.15) is 19.4 Å². The maximum absolute atomic E-state index is 6.28. The Bertz CT molecular complexity index is 398. The van der Waals surface area contributed by atoms with Crippen molar-refractivity contribution in [3.63, 3.8) is 0 Å². The monoisotopic (exact) mass is 290 g/mol. The van der Waals surface area contributed by atoms with E-state index in [0.29, 0.717) is 11.9 Å². The molecule has 0 radical (unpaired) electrons. The van der Waals surface area contributed by atoms with Crippen LogP contribution in [-0.4, -0.2) is 22.8 Å². The Labute approximate surface area is 117 Å². The lowest BCUT2D eigenvalue weighted by Gasteiger charge is -2.38. The van der Waals surface area contributed by atoms with E-state index in [1.54, 1.807) is 12.1 Å². The fraction of sp³-hybridized carbons (Fsp3) is 0.500. The third kappa shape index (κ3) is 2.84. The minimum atomic E-state index is 0.491. The predicted octanol–water partition coefficient (Wildman–Crippen LogP) is 4.17. The molecule has 1 aliphatic rings. The standard InChI is InChI=1S/C12H16Cl2N2S/c1-9(2)16-8-10-4-3-5-11(14)12(10)15(17-16)7-6-13/h3-5,9H,6-8H2,1-2H3. The molecule has 2 rings (SSSR count). The summed E-state index contributed by atoms with van der Waals surface area (Å²) in [4.78, 5) is 0. The van der Waals surface area contributed by atoms with Gasteiger partial charge in [0.25, 0.3) is 0 Å². The van der Waals surface area contributed by atoms with Gasteiger partial charge in [0.05, 0.1) is 10.7 Å². The van der Waals surface area contributed by atoms with Crippen molar-refractivity contribution < 1.29 is 0 Å². The molecule has 2 nitrogen and oxygen atoms in total. The molecule has 1 heterocycles. The molecule has 0 saturated carbocycles. The van der Waals surface area contributed by atoms with E-state index >= 15 is 0 Å². The van der Waals surface area contributed by atoms with Crippen molar-refractivity contribution in [2.24, 2.45) is 0 Å². The molecule has 0 amide bonds. The van der Waals surface area contributed by atoms with E-state index in [1.165, 1.54) is 5.56 Å². The zero-order valence-electron chi connectivity index (χ0n) is 9.99. The second-order valence-electron chi connectivity index (χ2n) is 4.29. The molecule has 0 atom stereocenters. The first-order chi connectivity index (χ1) is 8.13. The fourth-order valence-electron chi connectivity index (χ4n) is 1.84. The van der Waals surface area contributed by atoms with Crippen LogP contribution in [0, 0.1) is 0 Å². The lowest BCUT2D eigenvalue weighted by atomic mass is 10.1. The first-order valence-corrected chi connectivity index (χ1v) is 7.33. The number of alkyl halides is 1. The normalized spacial score (nSPS) is 16.4. The van der Waals surface area contributed by atoms with Crippen molar-refractivity contribution in [1.82, 2.24) is 4.31 Å². The molecule has 0 spiro atoms. The van der Waals surface area contributed by atoms with Crippen LogP contribution in [-0.2, 0) is 6.54 Å². The molecule has 0 aliphatic carbocycles. The van der Waals surface area contributed by atoms with E-state index in [1.807, 2.05) is 12.1 Å². The molecular formula is C12H16Cl2N2S. The highest BCUT2D eigenvalue weighted by atomic mass is 35.5. The van der Waals surface area contributed by atoms with Gasteiger partial charge in [-0.3, -0.25) is 0 Å². The number of anilines is 1. The number of nitrogens with zero attached hydrogens (tertiary/aromatic N) is 2. The number of benzene rings is 1. The molecule has 5 heteroatoms. The van der Waals surface area contributed by atoms with E-state index in [9.17, 15) is 0 Å². The average molecular weight is 291 g/mol. The van der Waals surface area contributed by atoms with Crippen molar-refractivity contribution in [1.29, 1.82) is 0 Å². The fourth-order valence-corrected chi connectivity index (χ4v) is 3.56. The lowest BCUT2D eigenvalue weighted by Crippen LogP contribution is -2.35. The highest BCUT2D eigenvalue weighted by molar-refractivity contribution is 7.98. The van der Waals surface area contributed by atoms with Gasteiger partial charge in [-0.25, -0.2) is 4.31 Å². The van der Waals surface area contributed by atoms with Crippen LogP contribution in [0.25, 0.3) is 0 Å². The number of para-hydroxylation sites is 1. The molecule has 0 N–H and O–H groups in total. The number of rotatable bonds is 3. The van der Waals surface area contributed by atoms with Gasteiger partial charge in [0.1, 0.15) is 0 Å². The minimum Gasteiger partial charge on any atom is -0.300 e. The molecular weight excluding hydrogens is 275 g/mol. The molecule has 0 bridgehead atoms. The molecule has 1 aromatic carbocycles. The third-order valence-electron chi connectivity index (χ3n) is 2.71. The van der Waals surface area contributed by atoms with Crippen LogP contribution in [0.15, 0.2) is 18.2 Å². The molecule has 0 fully saturated rings. The molecule has 94 valence electrons. The summed E-state index contributed by atoms with van der Waals surface area (Å²) in [6.07, 6.45) is 0. The third-order valence-corrected chi connectivity index (χ3v) is 4.51. The lowest BCUT2D eigenvalue weighted by molar-refractivity contribution is 0.386. The van der Waals surface area contributed by atoms with Crippen molar-refractivity contribution in [3.05, 3.63) is 28.8 Å². The summed E-state index contributed by atoms with van der Waals surface area (Å²) in [5, 5.41) is 0.809. The Morgan fingerprint density at radius 1 is 1.41 bits per heavy atom. The zero-order chi connectivity index (χ0) is 12.4. The van der Waals surface area contributed by atoms with E-state index in [4.69, 9.17) is 23.2 Å². The van der Waals surface area contributed by atoms with Gasteiger partial charge in [-0.2, -0.15) is 0 Å². The predicted molar refractivity (Wildman–Crippen MR) is 77.8 cm³/mol. The van der Waals surface area contributed by atoms with E-state index in [-0.39, 0.29) is 0 Å². The summed E-state index contributed by atoms with van der Waals surface area (Å²) in [5.41, 5.74) is 2.40. The first kappa shape index (κ1) is 13.3. The van der Waals surface area contributed by atoms with Crippen molar-refractivity contribution in [2.45, 2.75) is 26.4 Å². The second-order valence-corrected chi connectivity index (χ2v) is 6.15. The van der Waals surface area contributed by atoms with Crippen molar-refractivity contribution in [2.75, 3.05) is 16.7 Å². The summed E-state index contributed by atoms with van der Waals surface area (Å²) in [7, 11) is 0. The van der Waals surface area contributed by atoms with Gasteiger partial charge in [-0.05, 0) is 25.5 Å². The van der Waals surface area contributed by atoms with Gasteiger partial charge < -0.3 is 4.31 Å². The number of fused-ring (bicyclic) bond motifs is 1. The number of halogens is 2. The maximum atomic E-state index is 6.28. The minimum absolute atomic E-state index is 0.491. The average Bonchev–Trinajstić information content (AvgIpc) is 2.29. The largest absolute Gasteiger partial charge is 0.300 e. The zero-order valence-corrected chi connectivity index (χ0v) is 12.3. The molecule has 17 heavy (non-hydrogen) atoms. The maximum Gasteiger partial charge on any atom is 0.0714 e. The summed E-state index contributed by atoms with van der Waals surface area (Å²) in [5.74, 6) is 0.601. The summed E-state index contributed by atoms with van der Waals surface area (Å²) >= 11 is 13.9. The van der Waals surface area contributed by atoms with Gasteiger partial charge in [0.2, 0.25) is 0 Å². The van der Waals surface area contributed by atoms with Crippen molar-refractivity contribution >= 4 is 41.0 Å². The second kappa shape index (κ2) is 5.70. The number of hydrogen-bond acceptors (Lipinski definition) is 3. The Balaban J connectivity index is 2.35. The smallest absolute Gasteiger partial charge is 0.0714 e. The Morgan fingerprint density at radius 3 is 2.82 bits per heavy atom. The summed E-state index contributed by atoms with van der Waals surface area (Å²) in [6, 6.07) is 6.57. The van der Waals surface area contributed by atoms with Gasteiger partial charge in [-0.15, -0.1) is 11.6 Å². The van der Waals surface area contributed by atoms with E-state index < -0.39 is 0 Å². The highest BCUT2D eigenvalue weighted by Crippen LogP contribution is 2.41. The first-order valence-electron chi connectivity index (χ1n) is 5.69. The van der Waals surface area contributed by atoms with Crippen LogP contribution in [0.3, 0.4) is 0 Å². The molecule has 0 aromatic heterocycles. The Kier molecular flexibility index (Phi) is 4.47. The molecule has 0 saturated heterocycles. The summed E-state index contributed by atoms with van der Waals surface area (Å²) < 4.78 is 4.53. The van der Waals surface area contributed by atoms with E-state index in [0.717, 1.165) is 23.8 Å². The SMILES string of the molecule is CC(C)N1Cc2cccc(Cl)c2N(CCCl)S1. The van der Waals surface area contributed by atoms with Gasteiger partial charge >= 0.3 is 0 Å². The van der Waals surface area contributed by atoms with Crippen LogP contribution in [0.2, 0.25) is 5.02 Å². The number of hydrogen-bond donors (Lipinski definition) is 0. The quantitative estimate of drug-likeness (QED) is 0.609. The molecule has 0 unspecified atom stereocenters. The topological polar surface area (TPSA) is 6.48 Å². The Hall–Kier alpha value is -0.0900. The van der Waals surface area contributed by atoms with Gasteiger partial charge in [0, 0.05) is 37.1 Å². The van der Waals surface area contributed by atoms with Gasteiger partial charge in [-0.1, -0.05) is 23.7 Å².